The number of piperidine rings is 1. The van der Waals surface area contributed by atoms with Crippen LogP contribution in [0.5, 0.6) is 0 Å². The number of aryl methyl sites for hydroxylation is 1. The van der Waals surface area contributed by atoms with Crippen molar-refractivity contribution in [3.63, 3.8) is 0 Å². The van der Waals surface area contributed by atoms with Crippen molar-refractivity contribution in [2.75, 3.05) is 18.0 Å². The highest BCUT2D eigenvalue weighted by Gasteiger charge is 2.16. The maximum absolute atomic E-state index is 11.1. The molecule has 0 bridgehead atoms. The molecule has 2 aliphatic rings. The van der Waals surface area contributed by atoms with E-state index in [1.54, 1.807) is 0 Å². The Hall–Kier alpha value is -1.84. The molecular formula is C16H21N3O. The van der Waals surface area contributed by atoms with Crippen molar-refractivity contribution in [3.8, 4) is 0 Å². The Balaban J connectivity index is 1.82. The molecule has 106 valence electrons. The monoisotopic (exact) mass is 271 g/mol. The number of benzene rings is 1. The molecular weight excluding hydrogens is 250 g/mol. The predicted molar refractivity (Wildman–Crippen MR) is 81.2 cm³/mol. The number of amides is 1. The lowest BCUT2D eigenvalue weighted by Crippen LogP contribution is -2.30. The number of carbonyl (C=O) groups is 1. The van der Waals surface area contributed by atoms with Gasteiger partial charge >= 0.3 is 0 Å². The number of carbonyl (C=O) groups excluding carboxylic acids is 1. The molecule has 1 amide bonds. The number of hydrogen-bond donors (Lipinski definition) is 1. The number of nitrogens with one attached hydrogen (secondary N) is 1. The molecule has 4 heteroatoms. The largest absolute Gasteiger partial charge is 0.371 e. The maximum Gasteiger partial charge on any atom is 0.240 e. The second kappa shape index (κ2) is 5.65. The molecule has 1 N–H and O–H groups in total. The summed E-state index contributed by atoms with van der Waals surface area (Å²) in [6, 6.07) is 6.53. The van der Waals surface area contributed by atoms with Crippen molar-refractivity contribution < 1.29 is 4.79 Å². The summed E-state index contributed by atoms with van der Waals surface area (Å²) in [6.45, 7) is 4.49. The second-order valence-electron chi connectivity index (χ2n) is 5.64. The molecule has 4 nitrogen and oxygen atoms in total. The van der Waals surface area contributed by atoms with Gasteiger partial charge in [0, 0.05) is 31.6 Å². The van der Waals surface area contributed by atoms with Gasteiger partial charge in [0.2, 0.25) is 5.91 Å². The van der Waals surface area contributed by atoms with Crippen molar-refractivity contribution >= 4 is 17.3 Å². The van der Waals surface area contributed by atoms with Crippen LogP contribution in [-0.4, -0.2) is 24.7 Å². The Kier molecular flexibility index (Phi) is 3.72. The minimum atomic E-state index is 0.00964. The first-order chi connectivity index (χ1) is 9.74. The van der Waals surface area contributed by atoms with Crippen LogP contribution in [0.2, 0.25) is 0 Å². The Labute approximate surface area is 119 Å². The summed E-state index contributed by atoms with van der Waals surface area (Å²) < 4.78 is 0. The number of anilines is 1. The summed E-state index contributed by atoms with van der Waals surface area (Å²) in [4.78, 5) is 13.6. The Morgan fingerprint density at radius 1 is 1.15 bits per heavy atom. The average Bonchev–Trinajstić information content (AvgIpc) is 2.49. The third-order valence-corrected chi connectivity index (χ3v) is 4.13. The van der Waals surface area contributed by atoms with Gasteiger partial charge in [-0.05, 0) is 49.4 Å². The van der Waals surface area contributed by atoms with Crippen LogP contribution >= 0.6 is 0 Å². The zero-order chi connectivity index (χ0) is 13.9. The first-order valence-corrected chi connectivity index (χ1v) is 7.45. The Morgan fingerprint density at radius 3 is 2.60 bits per heavy atom. The fourth-order valence-corrected chi connectivity index (χ4v) is 3.01. The highest BCUT2D eigenvalue weighted by molar-refractivity contribution is 6.04. The fraction of sp³-hybridized carbons (Fsp3) is 0.500. The first-order valence-electron chi connectivity index (χ1n) is 7.45. The number of hydrazone groups is 1. The van der Waals surface area contributed by atoms with Crippen LogP contribution in [-0.2, 0) is 4.79 Å². The summed E-state index contributed by atoms with van der Waals surface area (Å²) >= 11 is 0. The topological polar surface area (TPSA) is 44.7 Å². The van der Waals surface area contributed by atoms with Gasteiger partial charge < -0.3 is 4.90 Å². The minimum Gasteiger partial charge on any atom is -0.371 e. The van der Waals surface area contributed by atoms with E-state index in [1.807, 2.05) is 0 Å². The maximum atomic E-state index is 11.1. The van der Waals surface area contributed by atoms with Crippen molar-refractivity contribution in [2.24, 2.45) is 5.10 Å². The van der Waals surface area contributed by atoms with Gasteiger partial charge in [-0.3, -0.25) is 4.79 Å². The number of nitrogens with zero attached hydrogens (tertiary/aromatic N) is 2. The van der Waals surface area contributed by atoms with Gasteiger partial charge in [0.1, 0.15) is 0 Å². The molecule has 1 aromatic rings. The fourth-order valence-electron chi connectivity index (χ4n) is 3.01. The van der Waals surface area contributed by atoms with Crippen LogP contribution in [0.3, 0.4) is 0 Å². The van der Waals surface area contributed by atoms with E-state index in [4.69, 9.17) is 0 Å². The first kappa shape index (κ1) is 13.2. The lowest BCUT2D eigenvalue weighted by atomic mass is 10.00. The lowest BCUT2D eigenvalue weighted by Gasteiger charge is -2.30. The van der Waals surface area contributed by atoms with E-state index in [0.29, 0.717) is 6.42 Å². The van der Waals surface area contributed by atoms with E-state index in [9.17, 15) is 4.79 Å². The van der Waals surface area contributed by atoms with Gasteiger partial charge in [-0.25, -0.2) is 5.43 Å². The molecule has 1 aromatic carbocycles. The summed E-state index contributed by atoms with van der Waals surface area (Å²) in [5, 5.41) is 4.17. The standard InChI is InChI=1S/C16H21N3O/c1-12-11-13(14-6-8-16(20)18-17-14)5-7-15(12)19-9-3-2-4-10-19/h5,7,11H,2-4,6,8-10H2,1H3,(H,18,20). The van der Waals surface area contributed by atoms with Gasteiger partial charge in [0.25, 0.3) is 0 Å². The number of rotatable bonds is 2. The molecule has 3 rings (SSSR count). The summed E-state index contributed by atoms with van der Waals surface area (Å²) in [6.07, 6.45) is 5.20. The third kappa shape index (κ3) is 2.69. The SMILES string of the molecule is Cc1cc(C2=NNC(=O)CC2)ccc1N1CCCCC1. The van der Waals surface area contributed by atoms with Gasteiger partial charge in [-0.1, -0.05) is 6.07 Å². The molecule has 0 spiro atoms. The van der Waals surface area contributed by atoms with Gasteiger partial charge in [0.05, 0.1) is 5.71 Å². The highest BCUT2D eigenvalue weighted by atomic mass is 16.2. The van der Waals surface area contributed by atoms with E-state index < -0.39 is 0 Å². The molecule has 0 radical (unpaired) electrons. The molecule has 0 atom stereocenters. The summed E-state index contributed by atoms with van der Waals surface area (Å²) in [7, 11) is 0. The van der Waals surface area contributed by atoms with Gasteiger partial charge in [0.15, 0.2) is 0 Å². The molecule has 20 heavy (non-hydrogen) atoms. The van der Waals surface area contributed by atoms with Gasteiger partial charge in [-0.15, -0.1) is 0 Å². The van der Waals surface area contributed by atoms with Crippen LogP contribution in [0.15, 0.2) is 23.3 Å². The zero-order valence-corrected chi connectivity index (χ0v) is 12.0. The van der Waals surface area contributed by atoms with Crippen LogP contribution in [0.4, 0.5) is 5.69 Å². The average molecular weight is 271 g/mol. The van der Waals surface area contributed by atoms with Crippen molar-refractivity contribution in [1.82, 2.24) is 5.43 Å². The van der Waals surface area contributed by atoms with Crippen LogP contribution < -0.4 is 10.3 Å². The molecule has 0 aliphatic carbocycles. The molecule has 2 heterocycles. The molecule has 0 unspecified atom stereocenters. The lowest BCUT2D eigenvalue weighted by molar-refractivity contribution is -0.121. The van der Waals surface area contributed by atoms with E-state index in [0.717, 1.165) is 30.8 Å². The zero-order valence-electron chi connectivity index (χ0n) is 12.0. The van der Waals surface area contributed by atoms with E-state index in [1.165, 1.54) is 30.5 Å². The quantitative estimate of drug-likeness (QED) is 0.898. The van der Waals surface area contributed by atoms with E-state index in [2.05, 4.69) is 40.5 Å². The van der Waals surface area contributed by atoms with Crippen LogP contribution in [0, 0.1) is 6.92 Å². The van der Waals surface area contributed by atoms with Crippen LogP contribution in [0.25, 0.3) is 0 Å². The Bertz CT molecular complexity index is 545. The summed E-state index contributed by atoms with van der Waals surface area (Å²) in [5.74, 6) is 0.00964. The van der Waals surface area contributed by atoms with Crippen LogP contribution in [0.1, 0.15) is 43.2 Å². The van der Waals surface area contributed by atoms with Crippen molar-refractivity contribution in [3.05, 3.63) is 29.3 Å². The van der Waals surface area contributed by atoms with E-state index in [-0.39, 0.29) is 5.91 Å². The predicted octanol–water partition coefficient (Wildman–Crippen LogP) is 2.60. The molecule has 0 saturated carbocycles. The van der Waals surface area contributed by atoms with Crippen molar-refractivity contribution in [2.45, 2.75) is 39.0 Å². The normalized spacial score (nSPS) is 19.6. The molecule has 1 saturated heterocycles. The summed E-state index contributed by atoms with van der Waals surface area (Å²) in [5.41, 5.74) is 7.32. The third-order valence-electron chi connectivity index (χ3n) is 4.13. The molecule has 0 aromatic heterocycles. The van der Waals surface area contributed by atoms with E-state index >= 15 is 0 Å². The highest BCUT2D eigenvalue weighted by Crippen LogP contribution is 2.25. The second-order valence-corrected chi connectivity index (χ2v) is 5.64. The molecule has 1 fully saturated rings. The van der Waals surface area contributed by atoms with Gasteiger partial charge in [-0.2, -0.15) is 5.10 Å². The number of hydrogen-bond acceptors (Lipinski definition) is 3. The Morgan fingerprint density at radius 2 is 1.95 bits per heavy atom. The smallest absolute Gasteiger partial charge is 0.240 e. The minimum absolute atomic E-state index is 0.00964. The molecule has 2 aliphatic heterocycles. The van der Waals surface area contributed by atoms with Crippen molar-refractivity contribution in [1.29, 1.82) is 0 Å².